The highest BCUT2D eigenvalue weighted by Crippen LogP contribution is 2.09. The Hall–Kier alpha value is -2.04. The zero-order valence-corrected chi connectivity index (χ0v) is 8.09. The number of carbonyl (C=O) groups is 1. The lowest BCUT2D eigenvalue weighted by Gasteiger charge is -2.04. The highest BCUT2D eigenvalue weighted by atomic mass is 16.6. The Bertz CT molecular complexity index is 403. The minimum Gasteiger partial charge on any atom is -0.446 e. The molecule has 0 saturated carbocycles. The summed E-state index contributed by atoms with van der Waals surface area (Å²) in [4.78, 5) is 11.0. The van der Waals surface area contributed by atoms with Crippen molar-refractivity contribution in [3.05, 3.63) is 29.8 Å². The van der Waals surface area contributed by atoms with Crippen LogP contribution in [-0.4, -0.2) is 30.5 Å². The normalized spacial score (nSPS) is 16.0. The Balaban J connectivity index is 2.11. The molecule has 1 aromatic rings. The Morgan fingerprint density at radius 2 is 2.27 bits per heavy atom. The van der Waals surface area contributed by atoms with E-state index in [1.807, 2.05) is 18.2 Å². The van der Waals surface area contributed by atoms with E-state index >= 15 is 0 Å². The van der Waals surface area contributed by atoms with Crippen molar-refractivity contribution in [3.63, 3.8) is 0 Å². The van der Waals surface area contributed by atoms with Gasteiger partial charge in [-0.2, -0.15) is 10.1 Å². The number of benzene rings is 1. The maximum atomic E-state index is 11.0. The van der Waals surface area contributed by atoms with E-state index in [1.54, 1.807) is 12.3 Å². The highest BCUT2D eigenvalue weighted by molar-refractivity contribution is 5.87. The third-order valence-corrected chi connectivity index (χ3v) is 2.07. The molecule has 5 nitrogen and oxygen atoms in total. The molecule has 1 heterocycles. The van der Waals surface area contributed by atoms with Crippen LogP contribution in [0.1, 0.15) is 5.56 Å². The lowest BCUT2D eigenvalue weighted by Crippen LogP contribution is -2.17. The summed E-state index contributed by atoms with van der Waals surface area (Å²) in [6.45, 7) is 0.877. The number of nitrogen functional groups attached to an aromatic ring is 1. The lowest BCUT2D eigenvalue weighted by molar-refractivity contribution is 0.159. The number of hydrazone groups is 1. The fraction of sp³-hybridized carbons (Fsp3) is 0.200. The molecule has 0 unspecified atom stereocenters. The molecule has 1 aliphatic heterocycles. The second-order valence-corrected chi connectivity index (χ2v) is 3.11. The van der Waals surface area contributed by atoms with Crippen LogP contribution in [-0.2, 0) is 4.74 Å². The van der Waals surface area contributed by atoms with Crippen molar-refractivity contribution >= 4 is 18.0 Å². The van der Waals surface area contributed by atoms with Crippen molar-refractivity contribution in [2.24, 2.45) is 5.10 Å². The van der Waals surface area contributed by atoms with Gasteiger partial charge in [-0.15, -0.1) is 0 Å². The molecule has 2 N–H and O–H groups in total. The van der Waals surface area contributed by atoms with E-state index in [2.05, 4.69) is 5.10 Å². The molecule has 1 saturated heterocycles. The number of hydrogen-bond acceptors (Lipinski definition) is 4. The number of nitrogens with two attached hydrogens (primary N) is 1. The standard InChI is InChI=1S/C10H11N3O2/c11-9-4-2-1-3-8(9)7-12-13-5-6-15-10(13)14/h1-4,7H,5-6,11H2. The number of hydrogen-bond donors (Lipinski definition) is 1. The molecule has 0 spiro atoms. The van der Waals surface area contributed by atoms with Crippen LogP contribution >= 0.6 is 0 Å². The molecule has 78 valence electrons. The highest BCUT2D eigenvalue weighted by Gasteiger charge is 2.20. The van der Waals surface area contributed by atoms with E-state index in [4.69, 9.17) is 10.5 Å². The molecule has 1 fully saturated rings. The van der Waals surface area contributed by atoms with Crippen LogP contribution in [0.4, 0.5) is 10.5 Å². The van der Waals surface area contributed by atoms with Crippen LogP contribution in [0.2, 0.25) is 0 Å². The molecule has 0 aromatic heterocycles. The molecule has 0 radical (unpaired) electrons. The minimum atomic E-state index is -0.416. The average Bonchev–Trinajstić information content (AvgIpc) is 2.63. The number of ether oxygens (including phenoxy) is 1. The molecular weight excluding hydrogens is 194 g/mol. The van der Waals surface area contributed by atoms with E-state index in [9.17, 15) is 4.79 Å². The topological polar surface area (TPSA) is 67.9 Å². The SMILES string of the molecule is Nc1ccccc1C=NN1CCOC1=O. The monoisotopic (exact) mass is 205 g/mol. The quantitative estimate of drug-likeness (QED) is 0.579. The molecule has 1 amide bonds. The van der Waals surface area contributed by atoms with Crippen molar-refractivity contribution in [2.45, 2.75) is 0 Å². The van der Waals surface area contributed by atoms with Crippen molar-refractivity contribution < 1.29 is 9.53 Å². The summed E-state index contributed by atoms with van der Waals surface area (Å²) < 4.78 is 4.73. The third-order valence-electron chi connectivity index (χ3n) is 2.07. The number of amides is 1. The smallest absolute Gasteiger partial charge is 0.430 e. The first-order valence-corrected chi connectivity index (χ1v) is 4.60. The zero-order valence-electron chi connectivity index (χ0n) is 8.09. The van der Waals surface area contributed by atoms with Crippen molar-refractivity contribution in [2.75, 3.05) is 18.9 Å². The first-order valence-electron chi connectivity index (χ1n) is 4.60. The van der Waals surface area contributed by atoms with Gasteiger partial charge in [0.2, 0.25) is 0 Å². The number of carbonyl (C=O) groups excluding carboxylic acids is 1. The van der Waals surface area contributed by atoms with Crippen LogP contribution in [0, 0.1) is 0 Å². The van der Waals surface area contributed by atoms with E-state index in [-0.39, 0.29) is 0 Å². The molecule has 15 heavy (non-hydrogen) atoms. The van der Waals surface area contributed by atoms with Gasteiger partial charge in [-0.3, -0.25) is 0 Å². The maximum absolute atomic E-state index is 11.0. The number of para-hydroxylation sites is 1. The fourth-order valence-corrected chi connectivity index (χ4v) is 1.25. The zero-order chi connectivity index (χ0) is 10.7. The predicted octanol–water partition coefficient (Wildman–Crippen LogP) is 1.05. The molecule has 5 heteroatoms. The molecule has 1 aliphatic rings. The van der Waals surface area contributed by atoms with Gasteiger partial charge in [-0.1, -0.05) is 18.2 Å². The van der Waals surface area contributed by atoms with E-state index in [0.717, 1.165) is 5.56 Å². The van der Waals surface area contributed by atoms with Crippen LogP contribution in [0.15, 0.2) is 29.4 Å². The van der Waals surface area contributed by atoms with Gasteiger partial charge in [0.1, 0.15) is 6.61 Å². The number of rotatable bonds is 2. The van der Waals surface area contributed by atoms with Gasteiger partial charge < -0.3 is 10.5 Å². The first-order chi connectivity index (χ1) is 7.27. The predicted molar refractivity (Wildman–Crippen MR) is 56.5 cm³/mol. The summed E-state index contributed by atoms with van der Waals surface area (Å²) >= 11 is 0. The number of nitrogens with zero attached hydrogens (tertiary/aromatic N) is 2. The maximum Gasteiger partial charge on any atom is 0.430 e. The van der Waals surface area contributed by atoms with Gasteiger partial charge in [-0.05, 0) is 6.07 Å². The molecule has 2 rings (SSSR count). The molecule has 1 aromatic carbocycles. The summed E-state index contributed by atoms with van der Waals surface area (Å²) in [5.41, 5.74) is 7.14. The van der Waals surface area contributed by atoms with Crippen molar-refractivity contribution in [1.29, 1.82) is 0 Å². The van der Waals surface area contributed by atoms with Gasteiger partial charge in [0, 0.05) is 11.3 Å². The van der Waals surface area contributed by atoms with Gasteiger partial charge in [0.25, 0.3) is 0 Å². The Morgan fingerprint density at radius 1 is 1.47 bits per heavy atom. The Kier molecular flexibility index (Phi) is 2.53. The fourth-order valence-electron chi connectivity index (χ4n) is 1.25. The Morgan fingerprint density at radius 3 is 2.93 bits per heavy atom. The van der Waals surface area contributed by atoms with E-state index < -0.39 is 6.09 Å². The second-order valence-electron chi connectivity index (χ2n) is 3.11. The molecule has 0 bridgehead atoms. The number of anilines is 1. The van der Waals surface area contributed by atoms with Crippen LogP contribution < -0.4 is 5.73 Å². The van der Waals surface area contributed by atoms with Gasteiger partial charge in [0.05, 0.1) is 12.8 Å². The van der Waals surface area contributed by atoms with Crippen LogP contribution in [0.5, 0.6) is 0 Å². The number of cyclic esters (lactones) is 1. The van der Waals surface area contributed by atoms with Crippen molar-refractivity contribution in [3.8, 4) is 0 Å². The van der Waals surface area contributed by atoms with Crippen LogP contribution in [0.3, 0.4) is 0 Å². The molecule has 0 atom stereocenters. The van der Waals surface area contributed by atoms with E-state index in [1.165, 1.54) is 5.01 Å². The van der Waals surface area contributed by atoms with Gasteiger partial charge >= 0.3 is 6.09 Å². The first kappa shape index (κ1) is 9.51. The largest absolute Gasteiger partial charge is 0.446 e. The summed E-state index contributed by atoms with van der Waals surface area (Å²) in [5, 5.41) is 5.26. The minimum absolute atomic E-state index is 0.389. The van der Waals surface area contributed by atoms with Crippen LogP contribution in [0.25, 0.3) is 0 Å². The van der Waals surface area contributed by atoms with Gasteiger partial charge in [0.15, 0.2) is 0 Å². The Labute approximate surface area is 87.1 Å². The summed E-state index contributed by atoms with van der Waals surface area (Å²) in [5.74, 6) is 0. The summed E-state index contributed by atoms with van der Waals surface area (Å²) in [6.07, 6.45) is 1.14. The molecular formula is C10H11N3O2. The van der Waals surface area contributed by atoms with E-state index in [0.29, 0.717) is 18.8 Å². The third kappa shape index (κ3) is 2.07. The average molecular weight is 205 g/mol. The lowest BCUT2D eigenvalue weighted by atomic mass is 10.2. The summed E-state index contributed by atoms with van der Waals surface area (Å²) in [7, 11) is 0. The van der Waals surface area contributed by atoms with Crippen molar-refractivity contribution in [1.82, 2.24) is 5.01 Å². The summed E-state index contributed by atoms with van der Waals surface area (Å²) in [6, 6.07) is 7.32. The second kappa shape index (κ2) is 4.00. The van der Waals surface area contributed by atoms with Gasteiger partial charge in [-0.25, -0.2) is 4.79 Å². The molecule has 0 aliphatic carbocycles.